The van der Waals surface area contributed by atoms with Crippen LogP contribution in [0.15, 0.2) is 91.0 Å². The number of fused-ring (bicyclic) bond motifs is 1. The number of carboxylic acid groups (broad SMARTS) is 1. The number of hydrogen-bond acceptors (Lipinski definition) is 4. The minimum atomic E-state index is -1.04. The van der Waals surface area contributed by atoms with Crippen LogP contribution in [0.25, 0.3) is 10.8 Å². The highest BCUT2D eigenvalue weighted by molar-refractivity contribution is 6.01. The first-order chi connectivity index (χ1) is 15.1. The number of esters is 1. The van der Waals surface area contributed by atoms with E-state index >= 15 is 0 Å². The molecule has 4 rings (SSSR count). The van der Waals surface area contributed by atoms with E-state index in [0.29, 0.717) is 22.1 Å². The largest absolute Gasteiger partial charge is 0.488 e. The predicted octanol–water partition coefficient (Wildman–Crippen LogP) is 5.47. The number of carbonyl (C=O) groups is 2. The van der Waals surface area contributed by atoms with E-state index < -0.39 is 11.9 Å². The molecule has 4 aromatic carbocycles. The van der Waals surface area contributed by atoms with E-state index in [9.17, 15) is 14.7 Å². The highest BCUT2D eigenvalue weighted by atomic mass is 16.5. The number of aromatic carboxylic acids is 1. The van der Waals surface area contributed by atoms with Crippen LogP contribution in [-0.4, -0.2) is 17.0 Å². The summed E-state index contributed by atoms with van der Waals surface area (Å²) in [5, 5.41) is 10.8. The zero-order chi connectivity index (χ0) is 21.6. The summed E-state index contributed by atoms with van der Waals surface area (Å²) in [5.41, 5.74) is 2.34. The Morgan fingerprint density at radius 2 is 1.35 bits per heavy atom. The van der Waals surface area contributed by atoms with E-state index in [2.05, 4.69) is 0 Å². The SMILES string of the molecule is O=C(O)c1cc(OCc2ccccc2)c2cc(C(=O)OCc3ccccc3)ccc2c1. The second kappa shape index (κ2) is 9.13. The van der Waals surface area contributed by atoms with Crippen molar-refractivity contribution in [3.05, 3.63) is 113 Å². The van der Waals surface area contributed by atoms with Crippen molar-refractivity contribution in [1.29, 1.82) is 0 Å². The summed E-state index contributed by atoms with van der Waals surface area (Å²) in [4.78, 5) is 24.1. The molecule has 1 N–H and O–H groups in total. The standard InChI is InChI=1S/C26H20O5/c27-25(28)22-13-20-11-12-21(26(29)31-17-19-9-5-2-6-10-19)14-23(20)24(15-22)30-16-18-7-3-1-4-8-18/h1-15H,16-17H2,(H,27,28). The summed E-state index contributed by atoms with van der Waals surface area (Å²) in [7, 11) is 0. The van der Waals surface area contributed by atoms with Crippen molar-refractivity contribution >= 4 is 22.7 Å². The molecule has 4 aromatic rings. The smallest absolute Gasteiger partial charge is 0.338 e. The summed E-state index contributed by atoms with van der Waals surface area (Å²) >= 11 is 0. The second-order valence-electron chi connectivity index (χ2n) is 7.05. The molecule has 0 aromatic heterocycles. The van der Waals surface area contributed by atoms with E-state index in [0.717, 1.165) is 11.1 Å². The summed E-state index contributed by atoms with van der Waals surface area (Å²) in [5.74, 6) is -1.10. The number of carbonyl (C=O) groups excluding carboxylic acids is 1. The summed E-state index contributed by atoms with van der Waals surface area (Å²) in [6, 6.07) is 27.1. The summed E-state index contributed by atoms with van der Waals surface area (Å²) in [6.07, 6.45) is 0. The van der Waals surface area contributed by atoms with Crippen LogP contribution in [0.5, 0.6) is 5.75 Å². The summed E-state index contributed by atoms with van der Waals surface area (Å²) < 4.78 is 11.4. The molecule has 0 aliphatic carbocycles. The highest BCUT2D eigenvalue weighted by Gasteiger charge is 2.14. The minimum Gasteiger partial charge on any atom is -0.488 e. The fourth-order valence-corrected chi connectivity index (χ4v) is 3.24. The maximum atomic E-state index is 12.6. The molecule has 154 valence electrons. The van der Waals surface area contributed by atoms with Gasteiger partial charge in [0.15, 0.2) is 0 Å². The van der Waals surface area contributed by atoms with Crippen molar-refractivity contribution < 1.29 is 24.2 Å². The van der Waals surface area contributed by atoms with Gasteiger partial charge in [-0.3, -0.25) is 0 Å². The summed E-state index contributed by atoms with van der Waals surface area (Å²) in [6.45, 7) is 0.453. The average Bonchev–Trinajstić information content (AvgIpc) is 2.81. The van der Waals surface area contributed by atoms with Gasteiger partial charge in [-0.2, -0.15) is 0 Å². The third kappa shape index (κ3) is 4.90. The molecule has 0 aliphatic heterocycles. The van der Waals surface area contributed by atoms with Gasteiger partial charge in [0.1, 0.15) is 19.0 Å². The van der Waals surface area contributed by atoms with Crippen LogP contribution in [0.2, 0.25) is 0 Å². The lowest BCUT2D eigenvalue weighted by molar-refractivity contribution is 0.0472. The van der Waals surface area contributed by atoms with Gasteiger partial charge in [-0.1, -0.05) is 66.7 Å². The van der Waals surface area contributed by atoms with Gasteiger partial charge >= 0.3 is 11.9 Å². The van der Waals surface area contributed by atoms with Crippen LogP contribution in [-0.2, 0) is 18.0 Å². The van der Waals surface area contributed by atoms with Gasteiger partial charge in [0.05, 0.1) is 11.1 Å². The topological polar surface area (TPSA) is 72.8 Å². The molecule has 0 fully saturated rings. The quantitative estimate of drug-likeness (QED) is 0.407. The molecule has 5 heteroatoms. The number of hydrogen-bond donors (Lipinski definition) is 1. The minimum absolute atomic E-state index is 0.120. The molecule has 0 radical (unpaired) electrons. The Kier molecular flexibility index (Phi) is 5.94. The van der Waals surface area contributed by atoms with E-state index in [1.165, 1.54) is 6.07 Å². The molecule has 0 amide bonds. The third-order valence-corrected chi connectivity index (χ3v) is 4.85. The monoisotopic (exact) mass is 412 g/mol. The zero-order valence-corrected chi connectivity index (χ0v) is 16.7. The predicted molar refractivity (Wildman–Crippen MR) is 117 cm³/mol. The molecule has 0 spiro atoms. The van der Waals surface area contributed by atoms with E-state index in [4.69, 9.17) is 9.47 Å². The Labute approximate surface area is 179 Å². The first-order valence-corrected chi connectivity index (χ1v) is 9.79. The Bertz CT molecular complexity index is 1220. The molecular weight excluding hydrogens is 392 g/mol. The van der Waals surface area contributed by atoms with Crippen molar-refractivity contribution in [2.75, 3.05) is 0 Å². The number of carboxylic acids is 1. The molecule has 0 aliphatic rings. The number of benzene rings is 4. The Balaban J connectivity index is 1.62. The van der Waals surface area contributed by atoms with Gasteiger partial charge in [-0.05, 0) is 40.8 Å². The van der Waals surface area contributed by atoms with Crippen LogP contribution < -0.4 is 4.74 Å². The van der Waals surface area contributed by atoms with Gasteiger partial charge in [-0.25, -0.2) is 9.59 Å². The van der Waals surface area contributed by atoms with Crippen LogP contribution in [0.3, 0.4) is 0 Å². The highest BCUT2D eigenvalue weighted by Crippen LogP contribution is 2.30. The van der Waals surface area contributed by atoms with Crippen LogP contribution in [0.4, 0.5) is 0 Å². The van der Waals surface area contributed by atoms with Gasteiger partial charge < -0.3 is 14.6 Å². The van der Waals surface area contributed by atoms with Crippen molar-refractivity contribution in [1.82, 2.24) is 0 Å². The molecule has 0 unspecified atom stereocenters. The van der Waals surface area contributed by atoms with Crippen LogP contribution in [0, 0.1) is 0 Å². The maximum absolute atomic E-state index is 12.6. The van der Waals surface area contributed by atoms with Gasteiger partial charge in [0.25, 0.3) is 0 Å². The molecule has 5 nitrogen and oxygen atoms in total. The first kappa shape index (κ1) is 20.2. The van der Waals surface area contributed by atoms with E-state index in [1.54, 1.807) is 24.3 Å². The normalized spacial score (nSPS) is 10.6. The molecule has 0 bridgehead atoms. The Morgan fingerprint density at radius 1 is 0.710 bits per heavy atom. The second-order valence-corrected chi connectivity index (χ2v) is 7.05. The van der Waals surface area contributed by atoms with Crippen molar-refractivity contribution in [3.8, 4) is 5.75 Å². The van der Waals surface area contributed by atoms with Crippen LogP contribution >= 0.6 is 0 Å². The first-order valence-electron chi connectivity index (χ1n) is 9.79. The number of ether oxygens (including phenoxy) is 2. The average molecular weight is 412 g/mol. The molecule has 0 heterocycles. The van der Waals surface area contributed by atoms with E-state index in [-0.39, 0.29) is 18.8 Å². The van der Waals surface area contributed by atoms with Gasteiger partial charge in [-0.15, -0.1) is 0 Å². The fraction of sp³-hybridized carbons (Fsp3) is 0.0769. The maximum Gasteiger partial charge on any atom is 0.338 e. The van der Waals surface area contributed by atoms with E-state index in [1.807, 2.05) is 60.7 Å². The molecule has 31 heavy (non-hydrogen) atoms. The van der Waals surface area contributed by atoms with Gasteiger partial charge in [0, 0.05) is 5.39 Å². The molecule has 0 atom stereocenters. The number of rotatable bonds is 7. The van der Waals surface area contributed by atoms with Gasteiger partial charge in [0.2, 0.25) is 0 Å². The van der Waals surface area contributed by atoms with Crippen molar-refractivity contribution in [3.63, 3.8) is 0 Å². The lowest BCUT2D eigenvalue weighted by Crippen LogP contribution is -2.06. The molecule has 0 saturated heterocycles. The van der Waals surface area contributed by atoms with Crippen LogP contribution in [0.1, 0.15) is 31.8 Å². The zero-order valence-electron chi connectivity index (χ0n) is 16.7. The molecule has 0 saturated carbocycles. The Hall–Kier alpha value is -4.12. The molecular formula is C26H20O5. The lowest BCUT2D eigenvalue weighted by atomic mass is 10.0. The van der Waals surface area contributed by atoms with Crippen molar-refractivity contribution in [2.24, 2.45) is 0 Å². The lowest BCUT2D eigenvalue weighted by Gasteiger charge is -2.12. The third-order valence-electron chi connectivity index (χ3n) is 4.85. The fourth-order valence-electron chi connectivity index (χ4n) is 3.24. The van der Waals surface area contributed by atoms with Crippen molar-refractivity contribution in [2.45, 2.75) is 13.2 Å². The Morgan fingerprint density at radius 3 is 2.00 bits per heavy atom.